The minimum Gasteiger partial charge on any atom is -0.492 e. The number of nitrogens with two attached hydrogens (primary N) is 1. The van der Waals surface area contributed by atoms with E-state index < -0.39 is 0 Å². The molecule has 1 aliphatic rings. The maximum absolute atomic E-state index is 6.15. The fraction of sp³-hybridized carbons (Fsp3) is 0.571. The summed E-state index contributed by atoms with van der Waals surface area (Å²) in [5.74, 6) is 1.49. The van der Waals surface area contributed by atoms with Crippen LogP contribution in [-0.2, 0) is 6.54 Å². The van der Waals surface area contributed by atoms with Crippen LogP contribution < -0.4 is 10.5 Å². The predicted molar refractivity (Wildman–Crippen MR) is 71.4 cm³/mol. The van der Waals surface area contributed by atoms with Crippen molar-refractivity contribution in [3.05, 3.63) is 28.8 Å². The zero-order valence-electron chi connectivity index (χ0n) is 10.1. The lowest BCUT2D eigenvalue weighted by Gasteiger charge is -2.22. The molecule has 1 fully saturated rings. The number of halogens is 1. The highest BCUT2D eigenvalue weighted by molar-refractivity contribution is 6.32. The summed E-state index contributed by atoms with van der Waals surface area (Å²) in [7, 11) is 0. The van der Waals surface area contributed by atoms with Gasteiger partial charge in [-0.3, -0.25) is 0 Å². The van der Waals surface area contributed by atoms with Gasteiger partial charge in [0.15, 0.2) is 0 Å². The molecule has 2 rings (SSSR count). The Hall–Kier alpha value is -0.730. The Balaban J connectivity index is 1.89. The van der Waals surface area contributed by atoms with Crippen molar-refractivity contribution in [2.24, 2.45) is 11.7 Å². The van der Waals surface area contributed by atoms with Crippen molar-refractivity contribution in [1.29, 1.82) is 0 Å². The largest absolute Gasteiger partial charge is 0.492 e. The van der Waals surface area contributed by atoms with E-state index in [-0.39, 0.29) is 0 Å². The number of ether oxygens (including phenoxy) is 1. The van der Waals surface area contributed by atoms with Crippen molar-refractivity contribution >= 4 is 11.6 Å². The summed E-state index contributed by atoms with van der Waals surface area (Å²) >= 11 is 6.15. The molecule has 0 unspecified atom stereocenters. The molecule has 1 aromatic rings. The Morgan fingerprint density at radius 3 is 2.65 bits per heavy atom. The first-order valence-electron chi connectivity index (χ1n) is 6.41. The van der Waals surface area contributed by atoms with Gasteiger partial charge in [-0.2, -0.15) is 0 Å². The summed E-state index contributed by atoms with van der Waals surface area (Å²) in [6.07, 6.45) is 6.64. The zero-order chi connectivity index (χ0) is 12.1. The van der Waals surface area contributed by atoms with E-state index in [1.807, 2.05) is 18.2 Å². The fourth-order valence-electron chi connectivity index (χ4n) is 2.35. The molecular formula is C14H20ClNO. The molecule has 2 N–H and O–H groups in total. The summed E-state index contributed by atoms with van der Waals surface area (Å²) in [4.78, 5) is 0. The molecule has 0 bridgehead atoms. The molecule has 0 heterocycles. The standard InChI is InChI=1S/C14H20ClNO/c15-13-8-12(9-16)6-7-14(13)17-10-11-4-2-1-3-5-11/h6-8,11H,1-5,9-10,16H2. The van der Waals surface area contributed by atoms with Crippen molar-refractivity contribution in [1.82, 2.24) is 0 Å². The van der Waals surface area contributed by atoms with Crippen LogP contribution >= 0.6 is 11.6 Å². The first-order valence-corrected chi connectivity index (χ1v) is 6.78. The van der Waals surface area contributed by atoms with Crippen LogP contribution in [0.5, 0.6) is 5.75 Å². The van der Waals surface area contributed by atoms with Gasteiger partial charge in [0.1, 0.15) is 5.75 Å². The lowest BCUT2D eigenvalue weighted by Crippen LogP contribution is -2.15. The predicted octanol–water partition coefficient (Wildman–Crippen LogP) is 3.76. The second-order valence-corrected chi connectivity index (χ2v) is 5.19. The average molecular weight is 254 g/mol. The van der Waals surface area contributed by atoms with Gasteiger partial charge in [0.05, 0.1) is 11.6 Å². The van der Waals surface area contributed by atoms with E-state index in [0.717, 1.165) is 17.9 Å². The molecule has 0 atom stereocenters. The maximum Gasteiger partial charge on any atom is 0.137 e. The van der Waals surface area contributed by atoms with Gasteiger partial charge in [0, 0.05) is 6.54 Å². The molecular weight excluding hydrogens is 234 g/mol. The zero-order valence-corrected chi connectivity index (χ0v) is 10.9. The third-order valence-corrected chi connectivity index (χ3v) is 3.73. The summed E-state index contributed by atoms with van der Waals surface area (Å²) in [6, 6.07) is 5.78. The minimum atomic E-state index is 0.516. The second-order valence-electron chi connectivity index (χ2n) is 4.78. The quantitative estimate of drug-likeness (QED) is 0.887. The van der Waals surface area contributed by atoms with E-state index in [2.05, 4.69) is 0 Å². The van der Waals surface area contributed by atoms with Gasteiger partial charge in [0.2, 0.25) is 0 Å². The highest BCUT2D eigenvalue weighted by Gasteiger charge is 2.14. The highest BCUT2D eigenvalue weighted by atomic mass is 35.5. The molecule has 1 saturated carbocycles. The van der Waals surface area contributed by atoms with Crippen LogP contribution in [0.4, 0.5) is 0 Å². The van der Waals surface area contributed by atoms with Crippen LogP contribution in [0.3, 0.4) is 0 Å². The summed E-state index contributed by atoms with van der Waals surface area (Å²) in [6.45, 7) is 1.31. The van der Waals surface area contributed by atoms with Crippen LogP contribution in [0.15, 0.2) is 18.2 Å². The maximum atomic E-state index is 6.15. The van der Waals surface area contributed by atoms with Gasteiger partial charge in [-0.05, 0) is 36.5 Å². The normalized spacial score (nSPS) is 17.1. The van der Waals surface area contributed by atoms with Gasteiger partial charge >= 0.3 is 0 Å². The Labute approximate surface area is 108 Å². The van der Waals surface area contributed by atoms with E-state index in [4.69, 9.17) is 22.1 Å². The first kappa shape index (κ1) is 12.7. The third kappa shape index (κ3) is 3.62. The molecule has 1 aromatic carbocycles. The molecule has 3 heteroatoms. The average Bonchev–Trinajstić information content (AvgIpc) is 2.38. The van der Waals surface area contributed by atoms with Gasteiger partial charge in [0.25, 0.3) is 0 Å². The van der Waals surface area contributed by atoms with E-state index in [9.17, 15) is 0 Å². The van der Waals surface area contributed by atoms with Crippen molar-refractivity contribution in [3.63, 3.8) is 0 Å². The van der Waals surface area contributed by atoms with Gasteiger partial charge in [-0.25, -0.2) is 0 Å². The molecule has 17 heavy (non-hydrogen) atoms. The fourth-order valence-corrected chi connectivity index (χ4v) is 2.61. The lowest BCUT2D eigenvalue weighted by molar-refractivity contribution is 0.209. The molecule has 0 amide bonds. The van der Waals surface area contributed by atoms with Gasteiger partial charge < -0.3 is 10.5 Å². The lowest BCUT2D eigenvalue weighted by atomic mass is 9.90. The van der Waals surface area contributed by atoms with Crippen molar-refractivity contribution in [2.45, 2.75) is 38.6 Å². The molecule has 94 valence electrons. The van der Waals surface area contributed by atoms with E-state index in [1.165, 1.54) is 32.1 Å². The second kappa shape index (κ2) is 6.27. The van der Waals surface area contributed by atoms with Gasteiger partial charge in [-0.1, -0.05) is 36.9 Å². The van der Waals surface area contributed by atoms with Crippen LogP contribution in [0, 0.1) is 5.92 Å². The monoisotopic (exact) mass is 253 g/mol. The molecule has 0 aromatic heterocycles. The Morgan fingerprint density at radius 2 is 2.00 bits per heavy atom. The smallest absolute Gasteiger partial charge is 0.137 e. The van der Waals surface area contributed by atoms with E-state index in [0.29, 0.717) is 17.5 Å². The third-order valence-electron chi connectivity index (χ3n) is 3.43. The van der Waals surface area contributed by atoms with Crippen molar-refractivity contribution < 1.29 is 4.74 Å². The van der Waals surface area contributed by atoms with Gasteiger partial charge in [-0.15, -0.1) is 0 Å². The Morgan fingerprint density at radius 1 is 1.24 bits per heavy atom. The van der Waals surface area contributed by atoms with Crippen molar-refractivity contribution in [3.8, 4) is 5.75 Å². The number of benzene rings is 1. The highest BCUT2D eigenvalue weighted by Crippen LogP contribution is 2.28. The molecule has 0 saturated heterocycles. The number of hydrogen-bond acceptors (Lipinski definition) is 2. The summed E-state index contributed by atoms with van der Waals surface area (Å²) in [5, 5.41) is 0.670. The molecule has 0 spiro atoms. The Kier molecular flexibility index (Phi) is 4.69. The van der Waals surface area contributed by atoms with Crippen molar-refractivity contribution in [2.75, 3.05) is 6.61 Å². The summed E-state index contributed by atoms with van der Waals surface area (Å²) < 4.78 is 5.80. The van der Waals surface area contributed by atoms with Crippen LogP contribution in [0.25, 0.3) is 0 Å². The molecule has 0 aliphatic heterocycles. The number of rotatable bonds is 4. The molecule has 0 radical (unpaired) electrons. The first-order chi connectivity index (χ1) is 8.29. The van der Waals surface area contributed by atoms with Crippen LogP contribution in [0.1, 0.15) is 37.7 Å². The van der Waals surface area contributed by atoms with E-state index in [1.54, 1.807) is 0 Å². The minimum absolute atomic E-state index is 0.516. The van der Waals surface area contributed by atoms with E-state index >= 15 is 0 Å². The topological polar surface area (TPSA) is 35.2 Å². The number of hydrogen-bond donors (Lipinski definition) is 1. The van der Waals surface area contributed by atoms with Crippen LogP contribution in [0.2, 0.25) is 5.02 Å². The SMILES string of the molecule is NCc1ccc(OCC2CCCCC2)c(Cl)c1. The molecule has 2 nitrogen and oxygen atoms in total. The molecule has 1 aliphatic carbocycles. The van der Waals surface area contributed by atoms with Crippen LogP contribution in [-0.4, -0.2) is 6.61 Å². The summed E-state index contributed by atoms with van der Waals surface area (Å²) in [5.41, 5.74) is 6.60. The Bertz CT molecular complexity index is 361.